The minimum Gasteiger partial charge on any atom is -0.318 e. The van der Waals surface area contributed by atoms with Crippen LogP contribution in [0.15, 0.2) is 36.7 Å². The highest BCUT2D eigenvalue weighted by Gasteiger charge is 2.30. The van der Waals surface area contributed by atoms with Gasteiger partial charge in [-0.3, -0.25) is 4.68 Å². The molecule has 0 amide bonds. The van der Waals surface area contributed by atoms with Crippen molar-refractivity contribution in [3.05, 3.63) is 42.2 Å². The smallest absolute Gasteiger partial charge is 0.318 e. The largest absolute Gasteiger partial charge is 0.416 e. The van der Waals surface area contributed by atoms with Crippen LogP contribution in [0.25, 0.3) is 11.1 Å². The van der Waals surface area contributed by atoms with Crippen LogP contribution >= 0.6 is 0 Å². The van der Waals surface area contributed by atoms with Crippen LogP contribution in [0.2, 0.25) is 0 Å². The fraction of sp³-hybridized carbons (Fsp3) is 0.308. The fourth-order valence-corrected chi connectivity index (χ4v) is 1.74. The van der Waals surface area contributed by atoms with E-state index in [1.165, 1.54) is 6.07 Å². The number of benzene rings is 1. The molecule has 2 rings (SSSR count). The van der Waals surface area contributed by atoms with Crippen LogP contribution in [0, 0.1) is 0 Å². The lowest BCUT2D eigenvalue weighted by Crippen LogP contribution is -2.14. The molecule has 2 aromatic rings. The Hall–Kier alpha value is -1.82. The first-order chi connectivity index (χ1) is 9.00. The molecular weight excluding hydrogens is 255 g/mol. The van der Waals surface area contributed by atoms with Crippen LogP contribution in [-0.2, 0) is 12.7 Å². The van der Waals surface area contributed by atoms with E-state index in [0.29, 0.717) is 17.7 Å². The van der Waals surface area contributed by atoms with Crippen molar-refractivity contribution in [2.45, 2.75) is 12.7 Å². The predicted molar refractivity (Wildman–Crippen MR) is 66.6 cm³/mol. The van der Waals surface area contributed by atoms with Crippen LogP contribution in [0.3, 0.4) is 0 Å². The average molecular weight is 269 g/mol. The van der Waals surface area contributed by atoms with E-state index in [9.17, 15) is 13.2 Å². The molecule has 0 saturated carbocycles. The fourth-order valence-electron chi connectivity index (χ4n) is 1.74. The second kappa shape index (κ2) is 5.44. The second-order valence-corrected chi connectivity index (χ2v) is 4.17. The quantitative estimate of drug-likeness (QED) is 0.925. The van der Waals surface area contributed by atoms with E-state index in [0.717, 1.165) is 18.7 Å². The standard InChI is InChI=1S/C13H14F3N3/c1-17-5-6-19-9-11(8-18-19)10-3-2-4-12(7-10)13(14,15)16/h2-4,7-9,17H,5-6H2,1H3. The summed E-state index contributed by atoms with van der Waals surface area (Å²) in [6.45, 7) is 1.43. The summed E-state index contributed by atoms with van der Waals surface area (Å²) in [4.78, 5) is 0. The third-order valence-electron chi connectivity index (χ3n) is 2.75. The molecule has 1 N–H and O–H groups in total. The first-order valence-corrected chi connectivity index (χ1v) is 5.85. The number of hydrogen-bond donors (Lipinski definition) is 1. The van der Waals surface area contributed by atoms with Crippen LogP contribution in [-0.4, -0.2) is 23.4 Å². The van der Waals surface area contributed by atoms with Crippen molar-refractivity contribution in [2.75, 3.05) is 13.6 Å². The molecular formula is C13H14F3N3. The Morgan fingerprint density at radius 2 is 2.05 bits per heavy atom. The molecule has 0 atom stereocenters. The topological polar surface area (TPSA) is 29.9 Å². The second-order valence-electron chi connectivity index (χ2n) is 4.17. The molecule has 3 nitrogen and oxygen atoms in total. The molecule has 1 aromatic carbocycles. The van der Waals surface area contributed by atoms with Crippen molar-refractivity contribution in [3.8, 4) is 11.1 Å². The third kappa shape index (κ3) is 3.35. The highest BCUT2D eigenvalue weighted by Crippen LogP contribution is 2.31. The number of nitrogens with zero attached hydrogens (tertiary/aromatic N) is 2. The van der Waals surface area contributed by atoms with E-state index >= 15 is 0 Å². The summed E-state index contributed by atoms with van der Waals surface area (Å²) < 4.78 is 39.6. The normalized spacial score (nSPS) is 11.8. The van der Waals surface area contributed by atoms with Crippen molar-refractivity contribution >= 4 is 0 Å². The van der Waals surface area contributed by atoms with Gasteiger partial charge in [-0.25, -0.2) is 0 Å². The van der Waals surface area contributed by atoms with Gasteiger partial charge in [-0.05, 0) is 24.7 Å². The van der Waals surface area contributed by atoms with Gasteiger partial charge < -0.3 is 5.32 Å². The van der Waals surface area contributed by atoms with Gasteiger partial charge in [0.05, 0.1) is 18.3 Å². The third-order valence-corrected chi connectivity index (χ3v) is 2.75. The van der Waals surface area contributed by atoms with Gasteiger partial charge in [0.25, 0.3) is 0 Å². The average Bonchev–Trinajstić information content (AvgIpc) is 2.84. The summed E-state index contributed by atoms with van der Waals surface area (Å²) in [7, 11) is 1.83. The zero-order valence-corrected chi connectivity index (χ0v) is 10.4. The molecule has 0 saturated heterocycles. The van der Waals surface area contributed by atoms with E-state index < -0.39 is 11.7 Å². The Morgan fingerprint density at radius 3 is 2.74 bits per heavy atom. The van der Waals surface area contributed by atoms with E-state index in [1.54, 1.807) is 23.1 Å². The van der Waals surface area contributed by atoms with E-state index in [1.807, 2.05) is 7.05 Å². The van der Waals surface area contributed by atoms with Gasteiger partial charge >= 0.3 is 6.18 Å². The SMILES string of the molecule is CNCCn1cc(-c2cccc(C(F)(F)F)c2)cn1. The Balaban J connectivity index is 2.24. The zero-order valence-electron chi connectivity index (χ0n) is 10.4. The lowest BCUT2D eigenvalue weighted by molar-refractivity contribution is -0.137. The van der Waals surface area contributed by atoms with Gasteiger partial charge in [-0.2, -0.15) is 18.3 Å². The van der Waals surface area contributed by atoms with Gasteiger partial charge in [0.1, 0.15) is 0 Å². The van der Waals surface area contributed by atoms with Crippen LogP contribution in [0.1, 0.15) is 5.56 Å². The maximum atomic E-state index is 12.6. The van der Waals surface area contributed by atoms with Gasteiger partial charge in [0, 0.05) is 18.3 Å². The summed E-state index contributed by atoms with van der Waals surface area (Å²) in [6.07, 6.45) is -1.00. The molecule has 1 aromatic heterocycles. The number of hydrogen-bond acceptors (Lipinski definition) is 2. The number of rotatable bonds is 4. The molecule has 1 heterocycles. The van der Waals surface area contributed by atoms with E-state index in [2.05, 4.69) is 10.4 Å². The van der Waals surface area contributed by atoms with Crippen molar-refractivity contribution in [2.24, 2.45) is 0 Å². The molecule has 19 heavy (non-hydrogen) atoms. The first-order valence-electron chi connectivity index (χ1n) is 5.85. The van der Waals surface area contributed by atoms with Gasteiger partial charge in [0.2, 0.25) is 0 Å². The molecule has 0 bridgehead atoms. The maximum absolute atomic E-state index is 12.6. The number of aromatic nitrogens is 2. The summed E-state index contributed by atoms with van der Waals surface area (Å²) in [5, 5.41) is 7.10. The number of alkyl halides is 3. The molecule has 0 aliphatic rings. The summed E-state index contributed by atoms with van der Waals surface area (Å²) in [6, 6.07) is 5.26. The lowest BCUT2D eigenvalue weighted by Gasteiger charge is -2.07. The minimum absolute atomic E-state index is 0.519. The molecule has 0 fully saturated rings. The Bertz CT molecular complexity index is 546. The van der Waals surface area contributed by atoms with Crippen molar-refractivity contribution in [3.63, 3.8) is 0 Å². The Morgan fingerprint density at radius 1 is 1.26 bits per heavy atom. The first kappa shape index (κ1) is 13.6. The van der Waals surface area contributed by atoms with Gasteiger partial charge in [0.15, 0.2) is 0 Å². The number of likely N-dealkylation sites (N-methyl/N-ethyl adjacent to an activating group) is 1. The van der Waals surface area contributed by atoms with E-state index in [4.69, 9.17) is 0 Å². The Kier molecular flexibility index (Phi) is 3.90. The highest BCUT2D eigenvalue weighted by molar-refractivity contribution is 5.62. The molecule has 0 unspecified atom stereocenters. The van der Waals surface area contributed by atoms with Crippen molar-refractivity contribution in [1.82, 2.24) is 15.1 Å². The van der Waals surface area contributed by atoms with Crippen molar-refractivity contribution < 1.29 is 13.2 Å². The van der Waals surface area contributed by atoms with Crippen LogP contribution in [0.5, 0.6) is 0 Å². The maximum Gasteiger partial charge on any atom is 0.416 e. The van der Waals surface area contributed by atoms with Crippen molar-refractivity contribution in [1.29, 1.82) is 0 Å². The minimum atomic E-state index is -4.32. The van der Waals surface area contributed by atoms with Crippen LogP contribution < -0.4 is 5.32 Å². The monoisotopic (exact) mass is 269 g/mol. The number of nitrogens with one attached hydrogen (secondary N) is 1. The zero-order chi connectivity index (χ0) is 13.9. The molecule has 0 spiro atoms. The molecule has 0 aliphatic heterocycles. The van der Waals surface area contributed by atoms with Gasteiger partial charge in [-0.1, -0.05) is 12.1 Å². The predicted octanol–water partition coefficient (Wildman–Crippen LogP) is 2.79. The van der Waals surface area contributed by atoms with Crippen LogP contribution in [0.4, 0.5) is 13.2 Å². The summed E-state index contributed by atoms with van der Waals surface area (Å²) >= 11 is 0. The lowest BCUT2D eigenvalue weighted by atomic mass is 10.1. The van der Waals surface area contributed by atoms with E-state index in [-0.39, 0.29) is 0 Å². The molecule has 102 valence electrons. The van der Waals surface area contributed by atoms with Gasteiger partial charge in [-0.15, -0.1) is 0 Å². The number of halogens is 3. The molecule has 6 heteroatoms. The highest BCUT2D eigenvalue weighted by atomic mass is 19.4. The Labute approximate surface area is 109 Å². The summed E-state index contributed by atoms with van der Waals surface area (Å²) in [5.74, 6) is 0. The molecule has 0 aliphatic carbocycles. The molecule has 0 radical (unpaired) electrons. The summed E-state index contributed by atoms with van der Waals surface area (Å²) in [5.41, 5.74) is 0.556.